The van der Waals surface area contributed by atoms with Crippen LogP contribution in [0.4, 0.5) is 5.69 Å². The van der Waals surface area contributed by atoms with E-state index in [-0.39, 0.29) is 23.1 Å². The molecule has 0 saturated carbocycles. The summed E-state index contributed by atoms with van der Waals surface area (Å²) in [7, 11) is 1.63. The van der Waals surface area contributed by atoms with Gasteiger partial charge in [-0.25, -0.2) is 0 Å². The zero-order chi connectivity index (χ0) is 24.0. The summed E-state index contributed by atoms with van der Waals surface area (Å²) < 4.78 is 5.49. The van der Waals surface area contributed by atoms with Gasteiger partial charge in [-0.15, -0.1) is 11.8 Å². The first-order valence-corrected chi connectivity index (χ1v) is 12.6. The van der Waals surface area contributed by atoms with E-state index < -0.39 is 4.87 Å². The number of thioether (sulfide) groups is 1. The molecule has 0 N–H and O–H groups in total. The van der Waals surface area contributed by atoms with Crippen LogP contribution in [0.1, 0.15) is 57.7 Å². The zero-order valence-corrected chi connectivity index (χ0v) is 21.3. The van der Waals surface area contributed by atoms with Gasteiger partial charge in [0.2, 0.25) is 5.91 Å². The number of ether oxygens (including phenoxy) is 1. The van der Waals surface area contributed by atoms with E-state index in [9.17, 15) is 9.59 Å². The number of rotatable bonds is 5. The normalized spacial score (nSPS) is 20.2. The maximum atomic E-state index is 14.1. The number of nitrogens with zero attached hydrogens (tertiary/aromatic N) is 2. The topological polar surface area (TPSA) is 49.9 Å². The van der Waals surface area contributed by atoms with Crippen LogP contribution < -0.4 is 9.64 Å². The van der Waals surface area contributed by atoms with Crippen molar-refractivity contribution in [3.05, 3.63) is 59.2 Å². The molecule has 1 saturated heterocycles. The standard InChI is InChI=1S/C27H34N2O3S/c1-18(2)15-24(30)29-13-14-33-27(29)22-16-21(32-6)11-12-23(22)28(25(27)31)17-19-7-9-20(10-8-19)26(3,4)5/h7-12,16,18H,13-15,17H2,1-6H3/t27-/m0/s1. The number of methoxy groups -OCH3 is 1. The molecule has 0 bridgehead atoms. The lowest BCUT2D eigenvalue weighted by molar-refractivity contribution is -0.140. The van der Waals surface area contributed by atoms with Gasteiger partial charge in [0.1, 0.15) is 5.75 Å². The Balaban J connectivity index is 1.74. The van der Waals surface area contributed by atoms with Crippen molar-refractivity contribution >= 4 is 29.3 Å². The number of benzene rings is 2. The molecule has 5 nitrogen and oxygen atoms in total. The summed E-state index contributed by atoms with van der Waals surface area (Å²) in [4.78, 5) is 30.0. The first-order valence-electron chi connectivity index (χ1n) is 11.6. The maximum Gasteiger partial charge on any atom is 0.268 e. The van der Waals surface area contributed by atoms with Gasteiger partial charge in [-0.3, -0.25) is 9.59 Å². The van der Waals surface area contributed by atoms with E-state index in [0.29, 0.717) is 25.3 Å². The summed E-state index contributed by atoms with van der Waals surface area (Å²) in [5.41, 5.74) is 4.12. The molecule has 1 atom stereocenters. The Morgan fingerprint density at radius 2 is 1.85 bits per heavy atom. The number of hydrogen-bond donors (Lipinski definition) is 0. The van der Waals surface area contributed by atoms with Crippen molar-refractivity contribution in [2.24, 2.45) is 5.92 Å². The molecule has 176 valence electrons. The Labute approximate surface area is 201 Å². The van der Waals surface area contributed by atoms with Crippen molar-refractivity contribution in [3.63, 3.8) is 0 Å². The third kappa shape index (κ3) is 4.14. The highest BCUT2D eigenvalue weighted by Gasteiger charge is 2.59. The van der Waals surface area contributed by atoms with E-state index >= 15 is 0 Å². The summed E-state index contributed by atoms with van der Waals surface area (Å²) in [6.07, 6.45) is 0.434. The molecule has 33 heavy (non-hydrogen) atoms. The molecule has 0 radical (unpaired) electrons. The zero-order valence-electron chi connectivity index (χ0n) is 20.5. The monoisotopic (exact) mass is 466 g/mol. The molecular weight excluding hydrogens is 432 g/mol. The van der Waals surface area contributed by atoms with Gasteiger partial charge in [-0.1, -0.05) is 58.9 Å². The van der Waals surface area contributed by atoms with Crippen LogP contribution >= 0.6 is 11.8 Å². The highest BCUT2D eigenvalue weighted by Crippen LogP contribution is 2.55. The second kappa shape index (κ2) is 8.71. The molecule has 2 aliphatic rings. The third-order valence-electron chi connectivity index (χ3n) is 6.45. The lowest BCUT2D eigenvalue weighted by Gasteiger charge is -2.33. The summed E-state index contributed by atoms with van der Waals surface area (Å²) in [5.74, 6) is 1.67. The van der Waals surface area contributed by atoms with Crippen molar-refractivity contribution in [3.8, 4) is 5.75 Å². The number of carbonyl (C=O) groups excluding carboxylic acids is 2. The van der Waals surface area contributed by atoms with Crippen molar-refractivity contribution < 1.29 is 14.3 Å². The van der Waals surface area contributed by atoms with Gasteiger partial charge < -0.3 is 14.5 Å². The third-order valence-corrected chi connectivity index (χ3v) is 7.86. The summed E-state index contributed by atoms with van der Waals surface area (Å²) >= 11 is 1.56. The molecule has 2 amide bonds. The second-order valence-electron chi connectivity index (χ2n) is 10.4. The van der Waals surface area contributed by atoms with Crippen LogP contribution in [0.5, 0.6) is 5.75 Å². The number of hydrogen-bond acceptors (Lipinski definition) is 4. The molecule has 0 unspecified atom stereocenters. The van der Waals surface area contributed by atoms with Gasteiger partial charge >= 0.3 is 0 Å². The van der Waals surface area contributed by atoms with E-state index in [1.54, 1.807) is 23.8 Å². The number of amides is 2. The van der Waals surface area contributed by atoms with Gasteiger partial charge in [-0.2, -0.15) is 0 Å². The summed E-state index contributed by atoms with van der Waals surface area (Å²) in [6.45, 7) is 11.7. The molecule has 2 aliphatic heterocycles. The first-order chi connectivity index (χ1) is 15.6. The minimum atomic E-state index is -1.01. The average molecular weight is 467 g/mol. The van der Waals surface area contributed by atoms with Gasteiger partial charge in [0, 0.05) is 24.3 Å². The highest BCUT2D eigenvalue weighted by molar-refractivity contribution is 8.01. The van der Waals surface area contributed by atoms with Crippen LogP contribution in [-0.2, 0) is 26.4 Å². The molecule has 1 spiro atoms. The Bertz CT molecular complexity index is 1060. The predicted octanol–water partition coefficient (Wildman–Crippen LogP) is 5.31. The van der Waals surface area contributed by atoms with Gasteiger partial charge in [0.15, 0.2) is 4.87 Å². The van der Waals surface area contributed by atoms with Crippen molar-refractivity contribution in [2.45, 2.75) is 57.9 Å². The quantitative estimate of drug-likeness (QED) is 0.599. The highest BCUT2D eigenvalue weighted by atomic mass is 32.2. The maximum absolute atomic E-state index is 14.1. The van der Waals surface area contributed by atoms with Gasteiger partial charge in [-0.05, 0) is 40.7 Å². The van der Waals surface area contributed by atoms with Crippen LogP contribution in [0.15, 0.2) is 42.5 Å². The minimum Gasteiger partial charge on any atom is -0.497 e. The Morgan fingerprint density at radius 3 is 2.45 bits per heavy atom. The fourth-order valence-electron chi connectivity index (χ4n) is 4.69. The smallest absolute Gasteiger partial charge is 0.268 e. The van der Waals surface area contributed by atoms with Crippen molar-refractivity contribution in [2.75, 3.05) is 24.3 Å². The van der Waals surface area contributed by atoms with E-state index in [4.69, 9.17) is 4.74 Å². The van der Waals surface area contributed by atoms with Crippen molar-refractivity contribution in [1.82, 2.24) is 4.90 Å². The second-order valence-corrected chi connectivity index (χ2v) is 11.6. The molecule has 0 aliphatic carbocycles. The van der Waals surface area contributed by atoms with Crippen LogP contribution in [0.25, 0.3) is 0 Å². The lowest BCUT2D eigenvalue weighted by Crippen LogP contribution is -2.50. The fourth-order valence-corrected chi connectivity index (χ4v) is 6.16. The van der Waals surface area contributed by atoms with Crippen LogP contribution in [0.3, 0.4) is 0 Å². The fraction of sp³-hybridized carbons (Fsp3) is 0.481. The number of carbonyl (C=O) groups is 2. The summed E-state index contributed by atoms with van der Waals surface area (Å²) in [5, 5.41) is 0. The molecule has 2 aromatic rings. The van der Waals surface area contributed by atoms with Gasteiger partial charge in [0.05, 0.1) is 19.3 Å². The molecule has 2 aromatic carbocycles. The first kappa shape index (κ1) is 23.7. The predicted molar refractivity (Wildman–Crippen MR) is 135 cm³/mol. The van der Waals surface area contributed by atoms with E-state index in [1.807, 2.05) is 36.9 Å². The minimum absolute atomic E-state index is 0.0356. The average Bonchev–Trinajstić information content (AvgIpc) is 3.30. The number of fused-ring (bicyclic) bond motifs is 2. The lowest BCUT2D eigenvalue weighted by atomic mass is 9.87. The molecule has 0 aromatic heterocycles. The number of anilines is 1. The Morgan fingerprint density at radius 1 is 1.15 bits per heavy atom. The molecule has 1 fully saturated rings. The Hall–Kier alpha value is -2.47. The summed E-state index contributed by atoms with van der Waals surface area (Å²) in [6, 6.07) is 14.3. The van der Waals surface area contributed by atoms with Crippen LogP contribution in [-0.4, -0.2) is 36.1 Å². The molecule has 4 rings (SSSR count). The Kier molecular flexibility index (Phi) is 6.25. The largest absolute Gasteiger partial charge is 0.497 e. The van der Waals surface area contributed by atoms with E-state index in [0.717, 1.165) is 22.6 Å². The molecular formula is C27H34N2O3S. The van der Waals surface area contributed by atoms with Crippen molar-refractivity contribution in [1.29, 1.82) is 0 Å². The molecule has 2 heterocycles. The van der Waals surface area contributed by atoms with Gasteiger partial charge in [0.25, 0.3) is 5.91 Å². The molecule has 6 heteroatoms. The SMILES string of the molecule is COc1ccc2c(c1)[C@]1(SCCN1C(=O)CC(C)C)C(=O)N2Cc1ccc(C(C)(C)C)cc1. The van der Waals surface area contributed by atoms with Crippen LogP contribution in [0.2, 0.25) is 0 Å². The van der Waals surface area contributed by atoms with Crippen LogP contribution in [0, 0.1) is 5.92 Å². The van der Waals surface area contributed by atoms with E-state index in [1.165, 1.54) is 5.56 Å². The van der Waals surface area contributed by atoms with E-state index in [2.05, 4.69) is 45.0 Å².